The van der Waals surface area contributed by atoms with Crippen molar-refractivity contribution in [1.82, 2.24) is 15.6 Å². The van der Waals surface area contributed by atoms with Crippen molar-refractivity contribution in [1.29, 1.82) is 5.26 Å². The zero-order valence-corrected chi connectivity index (χ0v) is 17.4. The van der Waals surface area contributed by atoms with Crippen molar-refractivity contribution in [2.45, 2.75) is 11.4 Å². The van der Waals surface area contributed by atoms with E-state index in [1.807, 2.05) is 6.07 Å². The summed E-state index contributed by atoms with van der Waals surface area (Å²) in [5.74, 6) is -0.593. The second-order valence-electron chi connectivity index (χ2n) is 6.33. The SMILES string of the molecule is N#Cc1ccccc1OCC(=O)NNC(=O)c1ccc(S(=O)(=O)NCc2ccco2)cc1. The summed E-state index contributed by atoms with van der Waals surface area (Å²) >= 11 is 0. The maximum atomic E-state index is 12.3. The van der Waals surface area contributed by atoms with Gasteiger partial charge in [0.25, 0.3) is 11.8 Å². The number of amides is 2. The number of hydrazine groups is 1. The van der Waals surface area contributed by atoms with Crippen LogP contribution in [0.4, 0.5) is 0 Å². The molecular formula is C21H18N4O6S. The molecule has 2 amide bonds. The Kier molecular flexibility index (Phi) is 7.22. The lowest BCUT2D eigenvalue weighted by atomic mass is 10.2. The number of sulfonamides is 1. The predicted octanol–water partition coefficient (Wildman–Crippen LogP) is 1.47. The summed E-state index contributed by atoms with van der Waals surface area (Å²) in [6.45, 7) is -0.429. The molecule has 2 aromatic carbocycles. The number of ether oxygens (including phenoxy) is 1. The van der Waals surface area contributed by atoms with Crippen LogP contribution >= 0.6 is 0 Å². The Hall–Kier alpha value is -4.14. The van der Waals surface area contributed by atoms with Gasteiger partial charge in [0.15, 0.2) is 6.61 Å². The topological polar surface area (TPSA) is 151 Å². The van der Waals surface area contributed by atoms with E-state index in [1.54, 1.807) is 36.4 Å². The molecule has 0 saturated carbocycles. The molecule has 0 aliphatic heterocycles. The summed E-state index contributed by atoms with van der Waals surface area (Å²) < 4.78 is 37.4. The summed E-state index contributed by atoms with van der Waals surface area (Å²) in [6, 6.07) is 16.8. The molecule has 1 heterocycles. The molecule has 0 atom stereocenters. The highest BCUT2D eigenvalue weighted by Crippen LogP contribution is 2.16. The number of para-hydroxylation sites is 1. The van der Waals surface area contributed by atoms with Gasteiger partial charge in [-0.2, -0.15) is 5.26 Å². The summed E-state index contributed by atoms with van der Waals surface area (Å²) in [5.41, 5.74) is 4.79. The van der Waals surface area contributed by atoms with E-state index in [9.17, 15) is 18.0 Å². The quantitative estimate of drug-likeness (QED) is 0.436. The van der Waals surface area contributed by atoms with Crippen LogP contribution in [0.3, 0.4) is 0 Å². The minimum Gasteiger partial charge on any atom is -0.482 e. The second kappa shape index (κ2) is 10.3. The zero-order chi connectivity index (χ0) is 23.0. The van der Waals surface area contributed by atoms with Crippen molar-refractivity contribution >= 4 is 21.8 Å². The third-order valence-electron chi connectivity index (χ3n) is 4.13. The van der Waals surface area contributed by atoms with Crippen molar-refractivity contribution in [3.63, 3.8) is 0 Å². The summed E-state index contributed by atoms with van der Waals surface area (Å²) in [4.78, 5) is 24.0. The Labute approximate surface area is 183 Å². The molecule has 0 spiro atoms. The van der Waals surface area contributed by atoms with Crippen LogP contribution < -0.4 is 20.3 Å². The number of furan rings is 1. The molecular weight excluding hydrogens is 436 g/mol. The molecule has 0 bridgehead atoms. The monoisotopic (exact) mass is 454 g/mol. The fourth-order valence-electron chi connectivity index (χ4n) is 2.51. The van der Waals surface area contributed by atoms with Gasteiger partial charge >= 0.3 is 0 Å². The standard InChI is InChI=1S/C21H18N4O6S/c22-12-16-4-1-2-6-19(16)31-14-20(26)24-25-21(27)15-7-9-18(10-8-15)32(28,29)23-13-17-5-3-11-30-17/h1-11,23H,13-14H2,(H,24,26)(H,25,27). The van der Waals surface area contributed by atoms with E-state index >= 15 is 0 Å². The average Bonchev–Trinajstić information content (AvgIpc) is 3.34. The Morgan fingerprint density at radius 1 is 1.00 bits per heavy atom. The first kappa shape index (κ1) is 22.5. The fourth-order valence-corrected chi connectivity index (χ4v) is 3.50. The van der Waals surface area contributed by atoms with Gasteiger partial charge in [-0.25, -0.2) is 13.1 Å². The maximum Gasteiger partial charge on any atom is 0.276 e. The molecule has 10 nitrogen and oxygen atoms in total. The third-order valence-corrected chi connectivity index (χ3v) is 5.54. The van der Waals surface area contributed by atoms with Gasteiger partial charge in [0.2, 0.25) is 10.0 Å². The van der Waals surface area contributed by atoms with Crippen molar-refractivity contribution < 1.29 is 27.2 Å². The second-order valence-corrected chi connectivity index (χ2v) is 8.09. The molecule has 1 aromatic heterocycles. The average molecular weight is 454 g/mol. The molecule has 3 aromatic rings. The molecule has 0 saturated heterocycles. The van der Waals surface area contributed by atoms with Gasteiger partial charge in [-0.3, -0.25) is 20.4 Å². The normalized spacial score (nSPS) is 10.7. The van der Waals surface area contributed by atoms with Crippen molar-refractivity contribution in [3.05, 3.63) is 83.8 Å². The smallest absolute Gasteiger partial charge is 0.276 e. The van der Waals surface area contributed by atoms with Crippen molar-refractivity contribution in [2.75, 3.05) is 6.61 Å². The first-order valence-corrected chi connectivity index (χ1v) is 10.7. The van der Waals surface area contributed by atoms with Crippen LogP contribution in [0.2, 0.25) is 0 Å². The van der Waals surface area contributed by atoms with Crippen LogP contribution in [0.25, 0.3) is 0 Å². The molecule has 0 aliphatic carbocycles. The van der Waals surface area contributed by atoms with Crippen LogP contribution in [-0.2, 0) is 21.4 Å². The lowest BCUT2D eigenvalue weighted by molar-refractivity contribution is -0.123. The van der Waals surface area contributed by atoms with Gasteiger partial charge in [-0.15, -0.1) is 0 Å². The van der Waals surface area contributed by atoms with E-state index in [2.05, 4.69) is 15.6 Å². The Morgan fingerprint density at radius 2 is 1.75 bits per heavy atom. The molecule has 164 valence electrons. The molecule has 11 heteroatoms. The lowest BCUT2D eigenvalue weighted by Gasteiger charge is -2.10. The number of benzene rings is 2. The van der Waals surface area contributed by atoms with Crippen molar-refractivity contribution in [2.24, 2.45) is 0 Å². The summed E-state index contributed by atoms with van der Waals surface area (Å²) in [6.07, 6.45) is 1.44. The number of rotatable bonds is 8. The third kappa shape index (κ3) is 5.94. The van der Waals surface area contributed by atoms with Crippen LogP contribution in [0.15, 0.2) is 76.2 Å². The van der Waals surface area contributed by atoms with E-state index in [0.717, 1.165) is 0 Å². The van der Waals surface area contributed by atoms with E-state index in [4.69, 9.17) is 14.4 Å². The van der Waals surface area contributed by atoms with Crippen molar-refractivity contribution in [3.8, 4) is 11.8 Å². The summed E-state index contributed by atoms with van der Waals surface area (Å²) in [7, 11) is -3.79. The number of carbonyl (C=O) groups excluding carboxylic acids is 2. The first-order chi connectivity index (χ1) is 15.4. The highest BCUT2D eigenvalue weighted by Gasteiger charge is 2.16. The molecule has 32 heavy (non-hydrogen) atoms. The number of carbonyl (C=O) groups is 2. The van der Waals surface area contributed by atoms with E-state index in [1.165, 1.54) is 30.5 Å². The number of hydrogen-bond donors (Lipinski definition) is 3. The minimum atomic E-state index is -3.79. The minimum absolute atomic E-state index is 0.00941. The van der Waals surface area contributed by atoms with Crippen LogP contribution in [-0.4, -0.2) is 26.8 Å². The lowest BCUT2D eigenvalue weighted by Crippen LogP contribution is -2.43. The molecule has 0 aliphatic rings. The maximum absolute atomic E-state index is 12.3. The van der Waals surface area contributed by atoms with E-state index in [-0.39, 0.29) is 28.3 Å². The predicted molar refractivity (Wildman–Crippen MR) is 111 cm³/mol. The Morgan fingerprint density at radius 3 is 2.44 bits per heavy atom. The van der Waals surface area contributed by atoms with Crippen LogP contribution in [0.1, 0.15) is 21.7 Å². The molecule has 3 N–H and O–H groups in total. The Balaban J connectivity index is 1.50. The number of nitriles is 1. The fraction of sp³-hybridized carbons (Fsp3) is 0.0952. The molecule has 0 fully saturated rings. The first-order valence-electron chi connectivity index (χ1n) is 9.22. The summed E-state index contributed by atoms with van der Waals surface area (Å²) in [5, 5.41) is 9.00. The highest BCUT2D eigenvalue weighted by atomic mass is 32.2. The van der Waals surface area contributed by atoms with E-state index in [0.29, 0.717) is 5.76 Å². The largest absolute Gasteiger partial charge is 0.482 e. The van der Waals surface area contributed by atoms with Gasteiger partial charge in [-0.05, 0) is 48.5 Å². The molecule has 0 unspecified atom stereocenters. The number of nitrogens with zero attached hydrogens (tertiary/aromatic N) is 1. The van der Waals surface area contributed by atoms with Gasteiger partial charge < -0.3 is 9.15 Å². The zero-order valence-electron chi connectivity index (χ0n) is 16.6. The van der Waals surface area contributed by atoms with Gasteiger partial charge in [0.1, 0.15) is 17.6 Å². The molecule has 3 rings (SSSR count). The molecule has 0 radical (unpaired) electrons. The number of nitrogens with one attached hydrogen (secondary N) is 3. The van der Waals surface area contributed by atoms with E-state index < -0.39 is 28.4 Å². The van der Waals surface area contributed by atoms with Gasteiger partial charge in [-0.1, -0.05) is 12.1 Å². The van der Waals surface area contributed by atoms with Gasteiger partial charge in [0.05, 0.1) is 23.3 Å². The number of hydrogen-bond acceptors (Lipinski definition) is 7. The van der Waals surface area contributed by atoms with Crippen LogP contribution in [0.5, 0.6) is 5.75 Å². The Bertz CT molecular complexity index is 1230. The van der Waals surface area contributed by atoms with Gasteiger partial charge in [0, 0.05) is 5.56 Å². The highest BCUT2D eigenvalue weighted by molar-refractivity contribution is 7.89. The van der Waals surface area contributed by atoms with Crippen LogP contribution in [0, 0.1) is 11.3 Å².